The van der Waals surface area contributed by atoms with E-state index in [2.05, 4.69) is 15.0 Å². The SMILES string of the molecule is Cc1cc2ncn(-c3nccc(C(=O)O)n3)c2cc1C. The van der Waals surface area contributed by atoms with E-state index in [9.17, 15) is 4.79 Å². The van der Waals surface area contributed by atoms with Crippen LogP contribution in [0.15, 0.2) is 30.7 Å². The highest BCUT2D eigenvalue weighted by molar-refractivity contribution is 5.85. The number of benzene rings is 1. The van der Waals surface area contributed by atoms with Crippen LogP contribution in [0.25, 0.3) is 17.0 Å². The molecular formula is C14H12N4O2. The summed E-state index contributed by atoms with van der Waals surface area (Å²) in [6.07, 6.45) is 3.03. The Balaban J connectivity index is 2.22. The van der Waals surface area contributed by atoms with E-state index in [1.54, 1.807) is 10.9 Å². The van der Waals surface area contributed by atoms with Crippen LogP contribution in [0.4, 0.5) is 0 Å². The third kappa shape index (κ3) is 1.91. The standard InChI is InChI=1S/C14H12N4O2/c1-8-5-11-12(6-9(8)2)18(7-16-11)14-15-4-3-10(17-14)13(19)20/h3-7H,1-2H3,(H,19,20). The lowest BCUT2D eigenvalue weighted by Crippen LogP contribution is -2.06. The fraction of sp³-hybridized carbons (Fsp3) is 0.143. The molecule has 0 spiro atoms. The fourth-order valence-corrected chi connectivity index (χ4v) is 2.01. The Kier molecular flexibility index (Phi) is 2.71. The molecule has 0 saturated carbocycles. The highest BCUT2D eigenvalue weighted by atomic mass is 16.4. The van der Waals surface area contributed by atoms with E-state index in [4.69, 9.17) is 5.11 Å². The van der Waals surface area contributed by atoms with Gasteiger partial charge in [-0.2, -0.15) is 0 Å². The molecule has 0 fully saturated rings. The minimum Gasteiger partial charge on any atom is -0.477 e. The second-order valence-electron chi connectivity index (χ2n) is 4.59. The third-order valence-electron chi connectivity index (χ3n) is 3.24. The van der Waals surface area contributed by atoms with Gasteiger partial charge in [0.05, 0.1) is 11.0 Å². The maximum atomic E-state index is 11.0. The Morgan fingerprint density at radius 1 is 1.20 bits per heavy atom. The summed E-state index contributed by atoms with van der Waals surface area (Å²) in [4.78, 5) is 23.4. The number of aryl methyl sites for hydroxylation is 2. The van der Waals surface area contributed by atoms with Gasteiger partial charge < -0.3 is 5.11 Å². The van der Waals surface area contributed by atoms with Crippen molar-refractivity contribution in [2.45, 2.75) is 13.8 Å². The molecule has 0 radical (unpaired) electrons. The monoisotopic (exact) mass is 268 g/mol. The van der Waals surface area contributed by atoms with Crippen LogP contribution in [0.5, 0.6) is 0 Å². The molecule has 6 nitrogen and oxygen atoms in total. The van der Waals surface area contributed by atoms with Crippen molar-refractivity contribution in [3.63, 3.8) is 0 Å². The van der Waals surface area contributed by atoms with Crippen molar-refractivity contribution in [3.8, 4) is 5.95 Å². The molecule has 2 heterocycles. The molecule has 0 bridgehead atoms. The molecule has 2 aromatic heterocycles. The van der Waals surface area contributed by atoms with Gasteiger partial charge >= 0.3 is 5.97 Å². The number of hydrogen-bond donors (Lipinski definition) is 1. The number of rotatable bonds is 2. The van der Waals surface area contributed by atoms with Gasteiger partial charge in [0.1, 0.15) is 6.33 Å². The number of carbonyl (C=O) groups is 1. The van der Waals surface area contributed by atoms with Crippen LogP contribution in [0.3, 0.4) is 0 Å². The molecule has 0 amide bonds. The lowest BCUT2D eigenvalue weighted by Gasteiger charge is -2.04. The molecule has 20 heavy (non-hydrogen) atoms. The zero-order chi connectivity index (χ0) is 14.3. The van der Waals surface area contributed by atoms with Gasteiger partial charge in [0.25, 0.3) is 0 Å². The van der Waals surface area contributed by atoms with Crippen molar-refractivity contribution in [2.24, 2.45) is 0 Å². The zero-order valence-electron chi connectivity index (χ0n) is 11.0. The number of hydrogen-bond acceptors (Lipinski definition) is 4. The summed E-state index contributed by atoms with van der Waals surface area (Å²) in [7, 11) is 0. The van der Waals surface area contributed by atoms with Crippen molar-refractivity contribution in [2.75, 3.05) is 0 Å². The van der Waals surface area contributed by atoms with Crippen LogP contribution in [-0.4, -0.2) is 30.6 Å². The molecule has 1 N–H and O–H groups in total. The predicted molar refractivity (Wildman–Crippen MR) is 73.1 cm³/mol. The number of carboxylic acid groups (broad SMARTS) is 1. The van der Waals surface area contributed by atoms with Gasteiger partial charge in [-0.05, 0) is 43.2 Å². The molecule has 0 saturated heterocycles. The highest BCUT2D eigenvalue weighted by Crippen LogP contribution is 2.20. The summed E-state index contributed by atoms with van der Waals surface area (Å²) < 4.78 is 1.69. The van der Waals surface area contributed by atoms with Gasteiger partial charge in [-0.3, -0.25) is 4.57 Å². The van der Waals surface area contributed by atoms with Gasteiger partial charge in [0.15, 0.2) is 5.69 Å². The number of imidazole rings is 1. The minimum atomic E-state index is -1.08. The largest absolute Gasteiger partial charge is 0.477 e. The van der Waals surface area contributed by atoms with Gasteiger partial charge in [-0.1, -0.05) is 0 Å². The van der Waals surface area contributed by atoms with Crippen molar-refractivity contribution in [1.29, 1.82) is 0 Å². The van der Waals surface area contributed by atoms with Gasteiger partial charge in [0.2, 0.25) is 5.95 Å². The number of aromatic carboxylic acids is 1. The van der Waals surface area contributed by atoms with Gasteiger partial charge in [-0.25, -0.2) is 19.7 Å². The molecule has 1 aromatic carbocycles. The quantitative estimate of drug-likeness (QED) is 0.770. The second-order valence-corrected chi connectivity index (χ2v) is 4.59. The average molecular weight is 268 g/mol. The molecule has 3 aromatic rings. The Morgan fingerprint density at radius 2 is 1.95 bits per heavy atom. The molecule has 100 valence electrons. The summed E-state index contributed by atoms with van der Waals surface area (Å²) in [5, 5.41) is 8.99. The summed E-state index contributed by atoms with van der Waals surface area (Å²) in [6, 6.07) is 5.34. The first-order valence-electron chi connectivity index (χ1n) is 6.07. The van der Waals surface area contributed by atoms with E-state index in [1.807, 2.05) is 26.0 Å². The van der Waals surface area contributed by atoms with Crippen molar-refractivity contribution in [3.05, 3.63) is 47.5 Å². The maximum Gasteiger partial charge on any atom is 0.354 e. The van der Waals surface area contributed by atoms with Gasteiger partial charge in [0, 0.05) is 6.20 Å². The van der Waals surface area contributed by atoms with Crippen LogP contribution in [0.2, 0.25) is 0 Å². The van der Waals surface area contributed by atoms with Gasteiger partial charge in [-0.15, -0.1) is 0 Å². The summed E-state index contributed by atoms with van der Waals surface area (Å²) in [5.74, 6) is -0.777. The van der Waals surface area contributed by atoms with E-state index < -0.39 is 5.97 Å². The molecule has 0 aliphatic rings. The minimum absolute atomic E-state index is 0.0410. The van der Waals surface area contributed by atoms with E-state index in [-0.39, 0.29) is 5.69 Å². The van der Waals surface area contributed by atoms with Crippen molar-refractivity contribution >= 4 is 17.0 Å². The van der Waals surface area contributed by atoms with E-state index in [1.165, 1.54) is 12.3 Å². The molecule has 0 unspecified atom stereocenters. The summed E-state index contributed by atoms with van der Waals surface area (Å²) in [6.45, 7) is 4.04. The third-order valence-corrected chi connectivity index (χ3v) is 3.24. The van der Waals surface area contributed by atoms with Crippen LogP contribution >= 0.6 is 0 Å². The molecule has 6 heteroatoms. The Labute approximate surface area is 114 Å². The van der Waals surface area contributed by atoms with E-state index in [0.717, 1.165) is 22.2 Å². The zero-order valence-corrected chi connectivity index (χ0v) is 11.0. The van der Waals surface area contributed by atoms with E-state index >= 15 is 0 Å². The van der Waals surface area contributed by atoms with Crippen LogP contribution < -0.4 is 0 Å². The lowest BCUT2D eigenvalue weighted by atomic mass is 10.1. The predicted octanol–water partition coefficient (Wildman–Crippen LogP) is 2.13. The molecule has 0 aliphatic heterocycles. The fourth-order valence-electron chi connectivity index (χ4n) is 2.01. The molecule has 0 atom stereocenters. The Hall–Kier alpha value is -2.76. The van der Waals surface area contributed by atoms with Crippen LogP contribution in [0, 0.1) is 13.8 Å². The summed E-state index contributed by atoms with van der Waals surface area (Å²) >= 11 is 0. The van der Waals surface area contributed by atoms with Crippen molar-refractivity contribution < 1.29 is 9.90 Å². The molecule has 3 rings (SSSR count). The summed E-state index contributed by atoms with van der Waals surface area (Å²) in [5.41, 5.74) is 3.94. The number of fused-ring (bicyclic) bond motifs is 1. The average Bonchev–Trinajstić information content (AvgIpc) is 2.82. The van der Waals surface area contributed by atoms with E-state index in [0.29, 0.717) is 5.95 Å². The lowest BCUT2D eigenvalue weighted by molar-refractivity contribution is 0.0690. The van der Waals surface area contributed by atoms with Crippen LogP contribution in [-0.2, 0) is 0 Å². The number of aromatic nitrogens is 4. The Morgan fingerprint density at radius 3 is 2.70 bits per heavy atom. The molecule has 0 aliphatic carbocycles. The second kappa shape index (κ2) is 4.41. The first kappa shape index (κ1) is 12.3. The maximum absolute atomic E-state index is 11.0. The molecular weight excluding hydrogens is 256 g/mol. The Bertz CT molecular complexity index is 823. The first-order valence-corrected chi connectivity index (χ1v) is 6.07. The number of carboxylic acids is 1. The van der Waals surface area contributed by atoms with Crippen molar-refractivity contribution in [1.82, 2.24) is 19.5 Å². The highest BCUT2D eigenvalue weighted by Gasteiger charge is 2.11. The van der Waals surface area contributed by atoms with Crippen LogP contribution in [0.1, 0.15) is 21.6 Å². The topological polar surface area (TPSA) is 80.9 Å². The smallest absolute Gasteiger partial charge is 0.354 e. The first-order chi connectivity index (χ1) is 9.56. The number of nitrogens with zero attached hydrogens (tertiary/aromatic N) is 4. The normalized spacial score (nSPS) is 10.9.